The summed E-state index contributed by atoms with van der Waals surface area (Å²) >= 11 is 0. The van der Waals surface area contributed by atoms with Crippen LogP contribution in [-0.2, 0) is 4.79 Å². The number of carboxylic acid groups (broad SMARTS) is 3. The second kappa shape index (κ2) is 11.9. The smallest absolute Gasteiger partial charge is 0.652 e. The van der Waals surface area contributed by atoms with Crippen LogP contribution in [0.25, 0.3) is 0 Å². The van der Waals surface area contributed by atoms with Crippen molar-refractivity contribution < 1.29 is 141 Å². The van der Waals surface area contributed by atoms with Crippen molar-refractivity contribution in [1.82, 2.24) is 0 Å². The Bertz CT molecular complexity index is 154. The molecule has 0 rings (SSSR count). The molecule has 0 spiro atoms. The first-order valence-electron chi connectivity index (χ1n) is 1.86. The van der Waals surface area contributed by atoms with Crippen LogP contribution in [0.5, 0.6) is 0 Å². The van der Waals surface area contributed by atoms with Crippen molar-refractivity contribution in [3.63, 3.8) is 0 Å². The molecule has 0 aromatic heterocycles. The van der Waals surface area contributed by atoms with E-state index >= 15 is 0 Å². The van der Waals surface area contributed by atoms with Crippen LogP contribution in [0.1, 0.15) is 0 Å². The predicted octanol–water partition coefficient (Wildman–Crippen LogP) is -7.81. The molecule has 66 valence electrons. The first-order valence-corrected chi connectivity index (χ1v) is 1.86. The van der Waals surface area contributed by atoms with Crippen LogP contribution in [0.4, 0.5) is 18.0 Å². The summed E-state index contributed by atoms with van der Waals surface area (Å²) in [4.78, 5) is 17.2. The SMILES string of the molecule is O=C(O)C(F)(F)F.O=C([O-])[O-].[K+].[K+]. The van der Waals surface area contributed by atoms with Gasteiger partial charge in [0.1, 0.15) is 0 Å². The van der Waals surface area contributed by atoms with Gasteiger partial charge in [-0.15, -0.1) is 0 Å². The molecule has 0 fully saturated rings. The summed E-state index contributed by atoms with van der Waals surface area (Å²) in [6.07, 6.45) is -7.42. The van der Waals surface area contributed by atoms with Crippen molar-refractivity contribution in [2.24, 2.45) is 0 Å². The zero-order valence-corrected chi connectivity index (χ0v) is 13.0. The van der Waals surface area contributed by atoms with Gasteiger partial charge in [-0.25, -0.2) is 4.79 Å². The number of aliphatic carboxylic acids is 1. The maximum Gasteiger partial charge on any atom is 1.00 e. The van der Waals surface area contributed by atoms with E-state index in [-0.39, 0.29) is 103 Å². The topological polar surface area (TPSA) is 100 Å². The first-order chi connectivity index (χ1) is 4.68. The summed E-state index contributed by atoms with van der Waals surface area (Å²) in [7, 11) is 0. The number of rotatable bonds is 0. The Hall–Kier alpha value is 1.80. The molecule has 0 atom stereocenters. The van der Waals surface area contributed by atoms with E-state index in [0.717, 1.165) is 0 Å². The molecular formula is C3HF3K2O5. The number of alkyl halides is 3. The molecule has 0 saturated carbocycles. The summed E-state index contributed by atoms with van der Waals surface area (Å²) < 4.78 is 31.7. The van der Waals surface area contributed by atoms with Crippen molar-refractivity contribution in [1.29, 1.82) is 0 Å². The van der Waals surface area contributed by atoms with E-state index in [9.17, 15) is 13.2 Å². The summed E-state index contributed by atoms with van der Waals surface area (Å²) in [5.41, 5.74) is 0. The standard InChI is InChI=1S/C2HF3O2.CH2O3.2K/c3-2(4,5)1(6)7;2-1(3)4;;/h(H,6,7);(H2,2,3,4);;/q;;2*+1/p-2. The number of carbonyl (C=O) groups excluding carboxylic acids is 1. The van der Waals surface area contributed by atoms with Crippen LogP contribution in [0, 0.1) is 0 Å². The Balaban J connectivity index is -0.0000000600. The average molecular weight is 252 g/mol. The Morgan fingerprint density at radius 3 is 1.15 bits per heavy atom. The fourth-order valence-corrected chi connectivity index (χ4v) is 0. The van der Waals surface area contributed by atoms with Gasteiger partial charge in [0.05, 0.1) is 0 Å². The molecule has 0 aliphatic carbocycles. The molecule has 0 aromatic carbocycles. The second-order valence-electron chi connectivity index (χ2n) is 1.05. The maximum atomic E-state index is 10.6. The molecule has 0 amide bonds. The van der Waals surface area contributed by atoms with Gasteiger partial charge in [-0.3, -0.25) is 0 Å². The van der Waals surface area contributed by atoms with E-state index in [0.29, 0.717) is 0 Å². The fraction of sp³-hybridized carbons (Fsp3) is 0.333. The molecule has 0 aromatic rings. The Morgan fingerprint density at radius 1 is 1.08 bits per heavy atom. The van der Waals surface area contributed by atoms with E-state index in [1.807, 2.05) is 0 Å². The zero-order chi connectivity index (χ0) is 9.65. The van der Waals surface area contributed by atoms with Crippen molar-refractivity contribution >= 4 is 12.1 Å². The van der Waals surface area contributed by atoms with Crippen molar-refractivity contribution in [3.05, 3.63) is 0 Å². The number of hydrogen-bond donors (Lipinski definition) is 1. The van der Waals surface area contributed by atoms with Gasteiger partial charge in [0.25, 0.3) is 0 Å². The summed E-state index contributed by atoms with van der Waals surface area (Å²) in [6.45, 7) is 0. The van der Waals surface area contributed by atoms with Crippen molar-refractivity contribution in [3.8, 4) is 0 Å². The fourth-order valence-electron chi connectivity index (χ4n) is 0. The molecule has 5 nitrogen and oxygen atoms in total. The molecule has 10 heteroatoms. The van der Waals surface area contributed by atoms with Gasteiger partial charge < -0.3 is 20.1 Å². The molecule has 1 N–H and O–H groups in total. The molecule has 0 bridgehead atoms. The van der Waals surface area contributed by atoms with Gasteiger partial charge >= 0.3 is 115 Å². The quantitative estimate of drug-likeness (QED) is 0.432. The van der Waals surface area contributed by atoms with E-state index in [1.54, 1.807) is 0 Å². The Morgan fingerprint density at radius 2 is 1.15 bits per heavy atom. The summed E-state index contributed by atoms with van der Waals surface area (Å²) in [6, 6.07) is 0. The molecule has 0 aliphatic heterocycles. The van der Waals surface area contributed by atoms with E-state index in [2.05, 4.69) is 0 Å². The number of halogens is 3. The normalized spacial score (nSPS) is 7.92. The predicted molar refractivity (Wildman–Crippen MR) is 19.1 cm³/mol. The van der Waals surface area contributed by atoms with E-state index < -0.39 is 18.3 Å². The monoisotopic (exact) mass is 252 g/mol. The Labute approximate surface area is 156 Å². The van der Waals surface area contributed by atoms with Crippen LogP contribution in [0.15, 0.2) is 0 Å². The molecule has 0 aliphatic rings. The third-order valence-corrected chi connectivity index (χ3v) is 0.243. The van der Waals surface area contributed by atoms with Gasteiger partial charge in [0.2, 0.25) is 0 Å². The van der Waals surface area contributed by atoms with Gasteiger partial charge in [0, 0.05) is 0 Å². The maximum absolute atomic E-state index is 10.6. The minimum Gasteiger partial charge on any atom is -0.652 e. The van der Waals surface area contributed by atoms with Gasteiger partial charge in [-0.2, -0.15) is 13.2 Å². The van der Waals surface area contributed by atoms with Crippen molar-refractivity contribution in [2.45, 2.75) is 6.18 Å². The third kappa shape index (κ3) is 31.6. The number of hydrogen-bond acceptors (Lipinski definition) is 4. The van der Waals surface area contributed by atoms with Crippen LogP contribution < -0.4 is 113 Å². The van der Waals surface area contributed by atoms with Gasteiger partial charge in [-0.05, 0) is 6.16 Å². The molecule has 0 unspecified atom stereocenters. The van der Waals surface area contributed by atoms with Crippen LogP contribution in [-0.4, -0.2) is 23.4 Å². The van der Waals surface area contributed by atoms with Crippen molar-refractivity contribution in [2.75, 3.05) is 0 Å². The second-order valence-corrected chi connectivity index (χ2v) is 1.05. The largest absolute Gasteiger partial charge is 1.00 e. The van der Waals surface area contributed by atoms with Crippen LogP contribution in [0.2, 0.25) is 0 Å². The molecule has 0 heterocycles. The Kier molecular flexibility index (Phi) is 22.1. The number of carboxylic acids is 1. The van der Waals surface area contributed by atoms with Gasteiger partial charge in [-0.1, -0.05) is 0 Å². The summed E-state index contributed by atoms with van der Waals surface area (Å²) in [5, 5.41) is 23.8. The molecular weight excluding hydrogens is 251 g/mol. The average Bonchev–Trinajstić information content (AvgIpc) is 1.59. The first kappa shape index (κ1) is 24.2. The minimum atomic E-state index is -5.08. The number of carbonyl (C=O) groups is 2. The molecule has 13 heavy (non-hydrogen) atoms. The van der Waals surface area contributed by atoms with E-state index in [1.165, 1.54) is 0 Å². The van der Waals surface area contributed by atoms with E-state index in [4.69, 9.17) is 24.9 Å². The van der Waals surface area contributed by atoms with Gasteiger partial charge in [0.15, 0.2) is 0 Å². The zero-order valence-electron chi connectivity index (χ0n) is 6.71. The van der Waals surface area contributed by atoms with Crippen LogP contribution >= 0.6 is 0 Å². The minimum absolute atomic E-state index is 0. The molecule has 0 radical (unpaired) electrons. The molecule has 0 saturated heterocycles. The third-order valence-electron chi connectivity index (χ3n) is 0.243. The van der Waals surface area contributed by atoms with Crippen LogP contribution in [0.3, 0.4) is 0 Å². The summed E-state index contributed by atoms with van der Waals surface area (Å²) in [5.74, 6) is -2.76.